The summed E-state index contributed by atoms with van der Waals surface area (Å²) >= 11 is 1.06. The second kappa shape index (κ2) is 17.3. The summed E-state index contributed by atoms with van der Waals surface area (Å²) in [5.74, 6) is -3.32. The first-order valence-corrected chi connectivity index (χ1v) is 16.0. The van der Waals surface area contributed by atoms with Crippen LogP contribution in [0.2, 0.25) is 0 Å². The lowest BCUT2D eigenvalue weighted by Crippen LogP contribution is -2.59. The third kappa shape index (κ3) is 10.6. The van der Waals surface area contributed by atoms with E-state index in [0.717, 1.165) is 30.7 Å². The Morgan fingerprint density at radius 3 is 2.42 bits per heavy atom. The van der Waals surface area contributed by atoms with Gasteiger partial charge in [0.05, 0.1) is 6.04 Å². The number of likely N-dealkylation sites (tertiary alicyclic amines) is 1. The highest BCUT2D eigenvalue weighted by Gasteiger charge is 2.39. The highest BCUT2D eigenvalue weighted by atomic mass is 32.1. The normalized spacial score (nSPS) is 18.3. The number of nitrogens with one attached hydrogen (secondary N) is 1. The van der Waals surface area contributed by atoms with Crippen LogP contribution in [0.15, 0.2) is 5.38 Å². The van der Waals surface area contributed by atoms with Crippen LogP contribution in [-0.4, -0.2) is 88.1 Å². The number of ether oxygens (including phenoxy) is 2. The van der Waals surface area contributed by atoms with Crippen molar-refractivity contribution in [2.24, 2.45) is 11.8 Å². The molecule has 2 amide bonds. The van der Waals surface area contributed by atoms with E-state index in [1.54, 1.807) is 0 Å². The number of carboxylic acids is 1. The standard InChI is InChI=1S/C30H48N4O8S/c1-8-12-25(36)42-24(28-31-21(16-43-28)30(39)40)15-23(18(3)4)34(17-41-20(6)35)29(38)26(19(5)9-2)32-27(37)22-13-10-11-14-33(22)7/h16,18-19,22-24,26H,8-15,17H2,1-7H3,(H,32,37)(H,39,40). The van der Waals surface area contributed by atoms with Gasteiger partial charge in [-0.25, -0.2) is 9.78 Å². The van der Waals surface area contributed by atoms with Gasteiger partial charge < -0.3 is 24.8 Å². The number of carbonyl (C=O) groups is 5. The van der Waals surface area contributed by atoms with Crippen LogP contribution < -0.4 is 5.32 Å². The van der Waals surface area contributed by atoms with Crippen molar-refractivity contribution in [3.05, 3.63) is 16.1 Å². The molecule has 5 atom stereocenters. The number of piperidine rings is 1. The Balaban J connectivity index is 2.48. The number of thiazole rings is 1. The average molecular weight is 625 g/mol. The van der Waals surface area contributed by atoms with E-state index in [-0.39, 0.29) is 49.1 Å². The summed E-state index contributed by atoms with van der Waals surface area (Å²) in [6, 6.07) is -1.85. The molecule has 0 radical (unpaired) electrons. The molecule has 0 aliphatic carbocycles. The molecule has 2 N–H and O–H groups in total. The Kier molecular flexibility index (Phi) is 14.5. The van der Waals surface area contributed by atoms with Crippen molar-refractivity contribution in [2.75, 3.05) is 20.3 Å². The largest absolute Gasteiger partial charge is 0.476 e. The lowest BCUT2D eigenvalue weighted by molar-refractivity contribution is -0.159. The summed E-state index contributed by atoms with van der Waals surface area (Å²) in [6.07, 6.45) is 3.11. The fraction of sp³-hybridized carbons (Fsp3) is 0.733. The molecule has 2 heterocycles. The van der Waals surface area contributed by atoms with Gasteiger partial charge in [-0.3, -0.25) is 24.1 Å². The molecule has 1 aromatic rings. The van der Waals surface area contributed by atoms with Gasteiger partial charge in [-0.05, 0) is 44.7 Å². The fourth-order valence-corrected chi connectivity index (χ4v) is 5.97. The summed E-state index contributed by atoms with van der Waals surface area (Å²) in [4.78, 5) is 71.4. The minimum atomic E-state index is -1.20. The smallest absolute Gasteiger partial charge is 0.355 e. The topological polar surface area (TPSA) is 155 Å². The van der Waals surface area contributed by atoms with Crippen LogP contribution in [0.3, 0.4) is 0 Å². The van der Waals surface area contributed by atoms with E-state index in [4.69, 9.17) is 9.47 Å². The van der Waals surface area contributed by atoms with Crippen LogP contribution >= 0.6 is 11.3 Å². The minimum absolute atomic E-state index is 0.0826. The fourth-order valence-electron chi connectivity index (χ4n) is 5.13. The van der Waals surface area contributed by atoms with Gasteiger partial charge in [0.15, 0.2) is 18.5 Å². The molecular formula is C30H48N4O8S. The van der Waals surface area contributed by atoms with E-state index in [1.165, 1.54) is 17.2 Å². The predicted octanol–water partition coefficient (Wildman–Crippen LogP) is 4.00. The molecule has 0 aromatic carbocycles. The maximum atomic E-state index is 14.3. The third-order valence-corrected chi connectivity index (χ3v) is 8.85. The molecule has 0 spiro atoms. The van der Waals surface area contributed by atoms with Gasteiger partial charge in [0.25, 0.3) is 0 Å². The van der Waals surface area contributed by atoms with Crippen molar-refractivity contribution in [2.45, 2.75) is 111 Å². The van der Waals surface area contributed by atoms with Gasteiger partial charge in [-0.15, -0.1) is 11.3 Å². The van der Waals surface area contributed by atoms with Crippen molar-refractivity contribution < 1.29 is 38.6 Å². The van der Waals surface area contributed by atoms with Gasteiger partial charge in [0.2, 0.25) is 11.8 Å². The zero-order valence-electron chi connectivity index (χ0n) is 26.5. The second-order valence-corrected chi connectivity index (χ2v) is 12.5. The number of nitrogens with zero attached hydrogens (tertiary/aromatic N) is 3. The maximum absolute atomic E-state index is 14.3. The van der Waals surface area contributed by atoms with Gasteiger partial charge in [0.1, 0.15) is 11.0 Å². The van der Waals surface area contributed by atoms with Crippen LogP contribution in [-0.2, 0) is 28.7 Å². The Morgan fingerprint density at radius 2 is 1.88 bits per heavy atom. The Bertz CT molecular complexity index is 1110. The number of hydrogen-bond acceptors (Lipinski definition) is 10. The molecule has 5 unspecified atom stereocenters. The SMILES string of the molecule is CCCC(=O)OC(CC(C(C)C)N(COC(C)=O)C(=O)C(NC(=O)C1CCCCN1C)C(C)CC)c1nc(C(=O)O)cs1. The highest BCUT2D eigenvalue weighted by Crippen LogP contribution is 2.32. The molecule has 1 aliphatic heterocycles. The first-order chi connectivity index (χ1) is 20.3. The Labute approximate surface area is 258 Å². The summed E-state index contributed by atoms with van der Waals surface area (Å²) in [7, 11) is 1.90. The molecule has 43 heavy (non-hydrogen) atoms. The average Bonchev–Trinajstić information content (AvgIpc) is 3.45. The molecule has 13 heteroatoms. The summed E-state index contributed by atoms with van der Waals surface area (Å²) < 4.78 is 11.1. The first-order valence-electron chi connectivity index (χ1n) is 15.1. The van der Waals surface area contributed by atoms with Crippen LogP contribution in [0, 0.1) is 11.8 Å². The van der Waals surface area contributed by atoms with Crippen molar-refractivity contribution in [3.8, 4) is 0 Å². The number of esters is 2. The molecule has 1 saturated heterocycles. The number of likely N-dealkylation sites (N-methyl/N-ethyl adjacent to an activating group) is 1. The van der Waals surface area contributed by atoms with Crippen molar-refractivity contribution >= 4 is 41.1 Å². The third-order valence-electron chi connectivity index (χ3n) is 7.91. The van der Waals surface area contributed by atoms with E-state index in [9.17, 15) is 29.1 Å². The van der Waals surface area contributed by atoms with Gasteiger partial charge >= 0.3 is 17.9 Å². The molecule has 1 fully saturated rings. The minimum Gasteiger partial charge on any atom is -0.476 e. The van der Waals surface area contributed by atoms with Crippen molar-refractivity contribution in [3.63, 3.8) is 0 Å². The van der Waals surface area contributed by atoms with E-state index < -0.39 is 42.0 Å². The van der Waals surface area contributed by atoms with E-state index in [0.29, 0.717) is 24.3 Å². The van der Waals surface area contributed by atoms with E-state index in [2.05, 4.69) is 10.3 Å². The molecular weight excluding hydrogens is 576 g/mol. The Hall–Kier alpha value is -3.06. The number of carboxylic acid groups (broad SMARTS) is 1. The first kappa shape index (κ1) is 36.1. The summed E-state index contributed by atoms with van der Waals surface area (Å²) in [6.45, 7) is 11.1. The van der Waals surface area contributed by atoms with Crippen molar-refractivity contribution in [1.82, 2.24) is 20.1 Å². The molecule has 242 valence electrons. The number of aromatic carboxylic acids is 1. The molecule has 12 nitrogen and oxygen atoms in total. The van der Waals surface area contributed by atoms with Gasteiger partial charge in [-0.1, -0.05) is 47.5 Å². The van der Waals surface area contributed by atoms with Crippen LogP contribution in [0.4, 0.5) is 0 Å². The van der Waals surface area contributed by atoms with Crippen molar-refractivity contribution in [1.29, 1.82) is 0 Å². The molecule has 1 aliphatic rings. The van der Waals surface area contributed by atoms with Crippen LogP contribution in [0.5, 0.6) is 0 Å². The number of aromatic nitrogens is 1. The number of amides is 2. The predicted molar refractivity (Wildman–Crippen MR) is 161 cm³/mol. The Morgan fingerprint density at radius 1 is 1.19 bits per heavy atom. The molecule has 0 saturated carbocycles. The maximum Gasteiger partial charge on any atom is 0.355 e. The molecule has 0 bridgehead atoms. The molecule has 2 rings (SSSR count). The quantitative estimate of drug-likeness (QED) is 0.204. The lowest BCUT2D eigenvalue weighted by atomic mass is 9.92. The zero-order chi connectivity index (χ0) is 32.3. The lowest BCUT2D eigenvalue weighted by Gasteiger charge is -2.39. The number of carbonyl (C=O) groups excluding carboxylic acids is 4. The molecule has 1 aromatic heterocycles. The van der Waals surface area contributed by atoms with Gasteiger partial charge in [-0.2, -0.15) is 0 Å². The summed E-state index contributed by atoms with van der Waals surface area (Å²) in [5.41, 5.74) is -0.169. The van der Waals surface area contributed by atoms with E-state index >= 15 is 0 Å². The highest BCUT2D eigenvalue weighted by molar-refractivity contribution is 7.09. The number of rotatable bonds is 16. The van der Waals surface area contributed by atoms with Crippen LogP contribution in [0.25, 0.3) is 0 Å². The zero-order valence-corrected chi connectivity index (χ0v) is 27.3. The monoisotopic (exact) mass is 624 g/mol. The number of hydrogen-bond donors (Lipinski definition) is 2. The van der Waals surface area contributed by atoms with E-state index in [1.807, 2.05) is 46.6 Å². The second-order valence-electron chi connectivity index (χ2n) is 11.6. The van der Waals surface area contributed by atoms with Gasteiger partial charge in [0, 0.05) is 31.2 Å². The summed E-state index contributed by atoms with van der Waals surface area (Å²) in [5, 5.41) is 14.1. The van der Waals surface area contributed by atoms with Crippen LogP contribution in [0.1, 0.15) is 108 Å².